The number of anilines is 2. The van der Waals surface area contributed by atoms with E-state index in [0.29, 0.717) is 18.1 Å². The number of halogens is 1. The van der Waals surface area contributed by atoms with E-state index in [-0.39, 0.29) is 11.4 Å². The first kappa shape index (κ1) is 17.8. The van der Waals surface area contributed by atoms with Crippen LogP contribution in [0.3, 0.4) is 0 Å². The summed E-state index contributed by atoms with van der Waals surface area (Å²) in [6.45, 7) is 1.74. The summed E-state index contributed by atoms with van der Waals surface area (Å²) < 4.78 is 13.5. The molecule has 1 amide bonds. The van der Waals surface area contributed by atoms with Gasteiger partial charge in [0.15, 0.2) is 0 Å². The Kier molecular flexibility index (Phi) is 4.92. The van der Waals surface area contributed by atoms with Crippen molar-refractivity contribution in [3.63, 3.8) is 0 Å². The highest BCUT2D eigenvalue weighted by atomic mass is 19.1. The Hall–Kier alpha value is -3.56. The molecule has 0 spiro atoms. The van der Waals surface area contributed by atoms with E-state index in [1.807, 2.05) is 0 Å². The molecule has 0 aliphatic carbocycles. The summed E-state index contributed by atoms with van der Waals surface area (Å²) >= 11 is 0. The van der Waals surface area contributed by atoms with Gasteiger partial charge in [-0.2, -0.15) is 0 Å². The van der Waals surface area contributed by atoms with Crippen molar-refractivity contribution in [2.24, 2.45) is 0 Å². The van der Waals surface area contributed by atoms with Gasteiger partial charge in [0.05, 0.1) is 21.5 Å². The molecule has 0 saturated heterocycles. The predicted octanol–water partition coefficient (Wildman–Crippen LogP) is 3.04. The fourth-order valence-electron chi connectivity index (χ4n) is 2.25. The number of benzene rings is 2. The number of aryl methyl sites for hydroxylation is 1. The minimum atomic E-state index is -1.00. The van der Waals surface area contributed by atoms with Gasteiger partial charge in [0.2, 0.25) is 0 Å². The van der Waals surface area contributed by atoms with Gasteiger partial charge in [0, 0.05) is 17.3 Å². The Morgan fingerprint density at radius 2 is 1.80 bits per heavy atom. The summed E-state index contributed by atoms with van der Waals surface area (Å²) in [7, 11) is 0. The lowest BCUT2D eigenvalue weighted by Gasteiger charge is -2.09. The summed E-state index contributed by atoms with van der Waals surface area (Å²) in [6.07, 6.45) is 0.424. The summed E-state index contributed by atoms with van der Waals surface area (Å²) in [5.74, 6) is -1.92. The number of nitrogen functional groups attached to an aromatic ring is 1. The number of nitro benzene ring substituents is 2. The van der Waals surface area contributed by atoms with E-state index in [1.165, 1.54) is 12.1 Å². The Morgan fingerprint density at radius 3 is 2.36 bits per heavy atom. The van der Waals surface area contributed by atoms with Crippen LogP contribution in [0, 0.1) is 26.0 Å². The molecule has 25 heavy (non-hydrogen) atoms. The van der Waals surface area contributed by atoms with Crippen LogP contribution < -0.4 is 11.1 Å². The molecule has 3 N–H and O–H groups in total. The maximum absolute atomic E-state index is 13.5. The Morgan fingerprint density at radius 1 is 1.16 bits per heavy atom. The zero-order valence-corrected chi connectivity index (χ0v) is 13.0. The number of rotatable bonds is 5. The topological polar surface area (TPSA) is 141 Å². The van der Waals surface area contributed by atoms with Crippen LogP contribution in [-0.2, 0) is 6.42 Å². The van der Waals surface area contributed by atoms with E-state index < -0.39 is 38.5 Å². The van der Waals surface area contributed by atoms with Gasteiger partial charge in [-0.25, -0.2) is 4.39 Å². The molecule has 0 heterocycles. The van der Waals surface area contributed by atoms with Crippen LogP contribution in [0.4, 0.5) is 27.1 Å². The van der Waals surface area contributed by atoms with Crippen molar-refractivity contribution in [3.05, 3.63) is 67.5 Å². The number of hydrogen-bond acceptors (Lipinski definition) is 6. The Bertz CT molecular complexity index is 884. The molecule has 2 rings (SSSR count). The van der Waals surface area contributed by atoms with Crippen molar-refractivity contribution in [2.45, 2.75) is 13.3 Å². The molecule has 0 radical (unpaired) electrons. The maximum atomic E-state index is 13.5. The van der Waals surface area contributed by atoms with E-state index in [0.717, 1.165) is 12.1 Å². The highest BCUT2D eigenvalue weighted by Crippen LogP contribution is 2.28. The number of nitrogens with one attached hydrogen (secondary N) is 1. The summed E-state index contributed by atoms with van der Waals surface area (Å²) in [5, 5.41) is 24.2. The Labute approximate surface area is 140 Å². The third-order valence-corrected chi connectivity index (χ3v) is 3.49. The summed E-state index contributed by atoms with van der Waals surface area (Å²) in [6, 6.07) is 5.43. The zero-order valence-electron chi connectivity index (χ0n) is 13.0. The van der Waals surface area contributed by atoms with Crippen LogP contribution in [0.5, 0.6) is 0 Å². The first-order valence-electron chi connectivity index (χ1n) is 7.06. The van der Waals surface area contributed by atoms with Crippen molar-refractivity contribution >= 4 is 28.7 Å². The third-order valence-electron chi connectivity index (χ3n) is 3.49. The molecule has 0 aliphatic heterocycles. The van der Waals surface area contributed by atoms with Crippen molar-refractivity contribution < 1.29 is 19.0 Å². The van der Waals surface area contributed by atoms with E-state index in [2.05, 4.69) is 5.32 Å². The number of nitro groups is 2. The van der Waals surface area contributed by atoms with Crippen molar-refractivity contribution in [3.8, 4) is 0 Å². The number of carbonyl (C=O) groups is 1. The van der Waals surface area contributed by atoms with Crippen LogP contribution in [0.25, 0.3) is 0 Å². The number of amides is 1. The van der Waals surface area contributed by atoms with Crippen LogP contribution in [0.2, 0.25) is 0 Å². The maximum Gasteiger partial charge on any atom is 0.295 e. The number of nitrogens with two attached hydrogens (primary N) is 1. The number of carbonyl (C=O) groups excluding carboxylic acids is 1. The van der Waals surface area contributed by atoms with Crippen LogP contribution in [0.1, 0.15) is 22.8 Å². The molecule has 0 bridgehead atoms. The van der Waals surface area contributed by atoms with Crippen molar-refractivity contribution in [1.29, 1.82) is 0 Å². The minimum absolute atomic E-state index is 0.0835. The molecule has 2 aromatic rings. The fraction of sp³-hybridized carbons (Fsp3) is 0.133. The first-order chi connectivity index (χ1) is 11.7. The molecule has 0 aromatic heterocycles. The van der Waals surface area contributed by atoms with E-state index >= 15 is 0 Å². The van der Waals surface area contributed by atoms with Crippen molar-refractivity contribution in [1.82, 2.24) is 0 Å². The van der Waals surface area contributed by atoms with Gasteiger partial charge in [-0.1, -0.05) is 13.0 Å². The number of hydrogen-bond donors (Lipinski definition) is 2. The molecule has 10 heteroatoms. The van der Waals surface area contributed by atoms with Gasteiger partial charge < -0.3 is 11.1 Å². The average Bonchev–Trinajstić information content (AvgIpc) is 2.56. The second kappa shape index (κ2) is 6.91. The van der Waals surface area contributed by atoms with Gasteiger partial charge in [-0.3, -0.25) is 25.0 Å². The predicted molar refractivity (Wildman–Crippen MR) is 87.9 cm³/mol. The molecular weight excluding hydrogens is 335 g/mol. The standard InChI is InChI=1S/C15H13FN4O5/c1-2-8-3-4-10(7-12(8)19(22)23)18-15(21)11-5-9(16)6-13(14(11)17)20(24)25/h3-7H,2,17H2,1H3,(H,18,21). The van der Waals surface area contributed by atoms with Crippen molar-refractivity contribution in [2.75, 3.05) is 11.1 Å². The lowest BCUT2D eigenvalue weighted by Crippen LogP contribution is -2.15. The molecule has 0 atom stereocenters. The second-order valence-electron chi connectivity index (χ2n) is 5.05. The van der Waals surface area contributed by atoms with Gasteiger partial charge in [0.1, 0.15) is 11.5 Å². The van der Waals surface area contributed by atoms with E-state index in [1.54, 1.807) is 6.92 Å². The summed E-state index contributed by atoms with van der Waals surface area (Å²) in [5.41, 5.74) is 4.26. The summed E-state index contributed by atoms with van der Waals surface area (Å²) in [4.78, 5) is 32.7. The highest BCUT2D eigenvalue weighted by molar-refractivity contribution is 6.09. The molecule has 0 unspecified atom stereocenters. The largest absolute Gasteiger partial charge is 0.393 e. The average molecular weight is 348 g/mol. The quantitative estimate of drug-likeness (QED) is 0.483. The highest BCUT2D eigenvalue weighted by Gasteiger charge is 2.22. The zero-order chi connectivity index (χ0) is 18.7. The van der Waals surface area contributed by atoms with E-state index in [4.69, 9.17) is 5.73 Å². The lowest BCUT2D eigenvalue weighted by molar-refractivity contribution is -0.385. The Balaban J connectivity index is 2.39. The SMILES string of the molecule is CCc1ccc(NC(=O)c2cc(F)cc([N+](=O)[O-])c2N)cc1[N+](=O)[O-]. The molecule has 0 fully saturated rings. The van der Waals surface area contributed by atoms with Gasteiger partial charge in [-0.15, -0.1) is 0 Å². The molecule has 130 valence electrons. The van der Waals surface area contributed by atoms with E-state index in [9.17, 15) is 29.4 Å². The van der Waals surface area contributed by atoms with Gasteiger partial charge in [0.25, 0.3) is 17.3 Å². The molecule has 2 aromatic carbocycles. The third kappa shape index (κ3) is 3.68. The minimum Gasteiger partial charge on any atom is -0.393 e. The molecule has 9 nitrogen and oxygen atoms in total. The first-order valence-corrected chi connectivity index (χ1v) is 7.06. The van der Waals surface area contributed by atoms with Crippen LogP contribution >= 0.6 is 0 Å². The monoisotopic (exact) mass is 348 g/mol. The molecule has 0 aliphatic rings. The molecule has 0 saturated carbocycles. The van der Waals surface area contributed by atoms with Gasteiger partial charge in [-0.05, 0) is 18.6 Å². The van der Waals surface area contributed by atoms with Crippen LogP contribution in [-0.4, -0.2) is 15.8 Å². The smallest absolute Gasteiger partial charge is 0.295 e. The second-order valence-corrected chi connectivity index (χ2v) is 5.05. The molecular formula is C15H13FN4O5. The fourth-order valence-corrected chi connectivity index (χ4v) is 2.25. The number of nitrogens with zero attached hydrogens (tertiary/aromatic N) is 2. The lowest BCUT2D eigenvalue weighted by atomic mass is 10.1. The normalized spacial score (nSPS) is 10.3. The van der Waals surface area contributed by atoms with Gasteiger partial charge >= 0.3 is 0 Å². The van der Waals surface area contributed by atoms with Crippen LogP contribution in [0.15, 0.2) is 30.3 Å².